The predicted molar refractivity (Wildman–Crippen MR) is 77.8 cm³/mol. The van der Waals surface area contributed by atoms with E-state index >= 15 is 0 Å². The van der Waals surface area contributed by atoms with Crippen LogP contribution < -0.4 is 10.6 Å². The maximum absolute atomic E-state index is 8.72. The van der Waals surface area contributed by atoms with E-state index in [-0.39, 0.29) is 5.84 Å². The van der Waals surface area contributed by atoms with Crippen LogP contribution in [-0.2, 0) is 0 Å². The lowest BCUT2D eigenvalue weighted by molar-refractivity contribution is 0.318. The van der Waals surface area contributed by atoms with Gasteiger partial charge in [0.1, 0.15) is 0 Å². The lowest BCUT2D eigenvalue weighted by Crippen LogP contribution is -2.25. The fourth-order valence-electron chi connectivity index (χ4n) is 2.19. The fourth-order valence-corrected chi connectivity index (χ4v) is 3.08. The summed E-state index contributed by atoms with van der Waals surface area (Å²) in [5.41, 5.74) is 8.70. The SMILES string of the molecule is Cc1cc(N2CCCSCC2)ccc1/C(N)=N/O. The van der Waals surface area contributed by atoms with E-state index in [9.17, 15) is 0 Å². The Morgan fingerprint density at radius 2 is 2.22 bits per heavy atom. The normalized spacial score (nSPS) is 17.6. The first-order valence-electron chi connectivity index (χ1n) is 6.13. The van der Waals surface area contributed by atoms with Crippen molar-refractivity contribution in [3.8, 4) is 0 Å². The Kier molecular flexibility index (Phi) is 4.36. The van der Waals surface area contributed by atoms with Gasteiger partial charge in [-0.25, -0.2) is 0 Å². The molecule has 0 bridgehead atoms. The van der Waals surface area contributed by atoms with Crippen LogP contribution in [0.15, 0.2) is 23.4 Å². The van der Waals surface area contributed by atoms with E-state index in [0.717, 1.165) is 24.2 Å². The highest BCUT2D eigenvalue weighted by Gasteiger charge is 2.12. The van der Waals surface area contributed by atoms with Crippen LogP contribution in [0, 0.1) is 6.92 Å². The summed E-state index contributed by atoms with van der Waals surface area (Å²) in [6.45, 7) is 4.19. The maximum Gasteiger partial charge on any atom is 0.170 e. The summed E-state index contributed by atoms with van der Waals surface area (Å²) in [6, 6.07) is 6.09. The van der Waals surface area contributed by atoms with Crippen molar-refractivity contribution in [2.24, 2.45) is 10.9 Å². The van der Waals surface area contributed by atoms with Crippen molar-refractivity contribution >= 4 is 23.3 Å². The summed E-state index contributed by atoms with van der Waals surface area (Å²) in [6.07, 6.45) is 1.23. The van der Waals surface area contributed by atoms with E-state index in [1.807, 2.05) is 24.8 Å². The van der Waals surface area contributed by atoms with E-state index in [4.69, 9.17) is 10.9 Å². The van der Waals surface area contributed by atoms with Gasteiger partial charge in [0.15, 0.2) is 5.84 Å². The molecule has 1 heterocycles. The van der Waals surface area contributed by atoms with Crippen molar-refractivity contribution in [2.75, 3.05) is 29.5 Å². The first-order valence-corrected chi connectivity index (χ1v) is 7.29. The van der Waals surface area contributed by atoms with Crippen molar-refractivity contribution in [2.45, 2.75) is 13.3 Å². The second-order valence-electron chi connectivity index (χ2n) is 4.44. The molecular formula is C13H19N3OS. The molecule has 3 N–H and O–H groups in total. The van der Waals surface area contributed by atoms with Crippen molar-refractivity contribution < 1.29 is 5.21 Å². The molecule has 1 aromatic rings. The van der Waals surface area contributed by atoms with Gasteiger partial charge >= 0.3 is 0 Å². The number of amidine groups is 1. The zero-order valence-electron chi connectivity index (χ0n) is 10.6. The quantitative estimate of drug-likeness (QED) is 0.372. The number of thioether (sulfide) groups is 1. The lowest BCUT2D eigenvalue weighted by atomic mass is 10.1. The van der Waals surface area contributed by atoms with Crippen LogP contribution in [0.4, 0.5) is 5.69 Å². The van der Waals surface area contributed by atoms with Gasteiger partial charge < -0.3 is 15.8 Å². The van der Waals surface area contributed by atoms with Gasteiger partial charge in [0.25, 0.3) is 0 Å². The smallest absolute Gasteiger partial charge is 0.170 e. The van der Waals surface area contributed by atoms with Crippen LogP contribution >= 0.6 is 11.8 Å². The van der Waals surface area contributed by atoms with Crippen LogP contribution in [-0.4, -0.2) is 35.6 Å². The Hall–Kier alpha value is -1.36. The summed E-state index contributed by atoms with van der Waals surface area (Å²) < 4.78 is 0. The molecule has 0 saturated carbocycles. The molecule has 1 aliphatic rings. The zero-order chi connectivity index (χ0) is 13.0. The summed E-state index contributed by atoms with van der Waals surface area (Å²) in [5.74, 6) is 2.60. The average molecular weight is 265 g/mol. The number of rotatable bonds is 2. The highest BCUT2D eigenvalue weighted by atomic mass is 32.2. The van der Waals surface area contributed by atoms with Gasteiger partial charge in [-0.15, -0.1) is 0 Å². The number of aryl methyl sites for hydroxylation is 1. The number of anilines is 1. The van der Waals surface area contributed by atoms with E-state index < -0.39 is 0 Å². The molecule has 0 aromatic heterocycles. The molecular weight excluding hydrogens is 246 g/mol. The van der Waals surface area contributed by atoms with Crippen molar-refractivity contribution in [3.63, 3.8) is 0 Å². The van der Waals surface area contributed by atoms with Gasteiger partial charge in [0.05, 0.1) is 0 Å². The minimum atomic E-state index is 0.172. The summed E-state index contributed by atoms with van der Waals surface area (Å²) >= 11 is 2.02. The molecule has 1 aromatic carbocycles. The van der Waals surface area contributed by atoms with Crippen molar-refractivity contribution in [1.82, 2.24) is 0 Å². The molecule has 1 saturated heterocycles. The van der Waals surface area contributed by atoms with E-state index in [0.29, 0.717) is 0 Å². The molecule has 18 heavy (non-hydrogen) atoms. The molecule has 1 fully saturated rings. The molecule has 0 radical (unpaired) electrons. The molecule has 2 rings (SSSR count). The zero-order valence-corrected chi connectivity index (χ0v) is 11.4. The van der Waals surface area contributed by atoms with Gasteiger partial charge in [-0.2, -0.15) is 11.8 Å². The van der Waals surface area contributed by atoms with Crippen LogP contribution in [0.2, 0.25) is 0 Å². The Morgan fingerprint density at radius 3 is 2.94 bits per heavy atom. The fraction of sp³-hybridized carbons (Fsp3) is 0.462. The second-order valence-corrected chi connectivity index (χ2v) is 5.66. The summed E-state index contributed by atoms with van der Waals surface area (Å²) in [4.78, 5) is 2.41. The number of oxime groups is 1. The topological polar surface area (TPSA) is 61.8 Å². The van der Waals surface area contributed by atoms with Crippen molar-refractivity contribution in [1.29, 1.82) is 0 Å². The highest BCUT2D eigenvalue weighted by molar-refractivity contribution is 7.99. The van der Waals surface area contributed by atoms with Crippen LogP contribution in [0.5, 0.6) is 0 Å². The Bertz CT molecular complexity index is 440. The molecule has 0 amide bonds. The number of hydrogen-bond donors (Lipinski definition) is 2. The molecule has 0 atom stereocenters. The van der Waals surface area contributed by atoms with E-state index in [1.165, 1.54) is 23.6 Å². The minimum absolute atomic E-state index is 0.172. The van der Waals surface area contributed by atoms with Gasteiger partial charge in [-0.3, -0.25) is 0 Å². The van der Waals surface area contributed by atoms with Crippen LogP contribution in [0.25, 0.3) is 0 Å². The van der Waals surface area contributed by atoms with E-state index in [2.05, 4.69) is 22.2 Å². The third-order valence-electron chi connectivity index (χ3n) is 3.18. The number of hydrogen-bond acceptors (Lipinski definition) is 4. The second kappa shape index (κ2) is 6.00. The molecule has 5 heteroatoms. The Morgan fingerprint density at radius 1 is 1.39 bits per heavy atom. The first-order chi connectivity index (χ1) is 8.72. The number of nitrogens with two attached hydrogens (primary N) is 1. The first kappa shape index (κ1) is 13.1. The van der Waals surface area contributed by atoms with Gasteiger partial charge in [0, 0.05) is 30.1 Å². The molecule has 0 spiro atoms. The molecule has 0 unspecified atom stereocenters. The molecule has 1 aliphatic heterocycles. The third kappa shape index (κ3) is 2.90. The molecule has 4 nitrogen and oxygen atoms in total. The number of nitrogens with zero attached hydrogens (tertiary/aromatic N) is 2. The molecule has 98 valence electrons. The monoisotopic (exact) mass is 265 g/mol. The standard InChI is InChI=1S/C13H19N3OS/c1-10-9-11(3-4-12(10)13(14)15-17)16-5-2-7-18-8-6-16/h3-4,9,17H,2,5-8H2,1H3,(H2,14,15). The Balaban J connectivity index is 2.22. The Labute approximate surface area is 112 Å². The maximum atomic E-state index is 8.72. The van der Waals surface area contributed by atoms with Crippen LogP contribution in [0.1, 0.15) is 17.5 Å². The predicted octanol–water partition coefficient (Wildman–Crippen LogP) is 2.03. The summed E-state index contributed by atoms with van der Waals surface area (Å²) in [7, 11) is 0. The molecule has 0 aliphatic carbocycles. The van der Waals surface area contributed by atoms with Gasteiger partial charge in [0.2, 0.25) is 0 Å². The average Bonchev–Trinajstić information content (AvgIpc) is 2.66. The van der Waals surface area contributed by atoms with Gasteiger partial charge in [-0.05, 0) is 42.9 Å². The van der Waals surface area contributed by atoms with E-state index in [1.54, 1.807) is 0 Å². The largest absolute Gasteiger partial charge is 0.409 e. The number of benzene rings is 1. The third-order valence-corrected chi connectivity index (χ3v) is 4.23. The van der Waals surface area contributed by atoms with Gasteiger partial charge in [-0.1, -0.05) is 5.16 Å². The lowest BCUT2D eigenvalue weighted by Gasteiger charge is -2.23. The highest BCUT2D eigenvalue weighted by Crippen LogP contribution is 2.22. The minimum Gasteiger partial charge on any atom is -0.409 e. The van der Waals surface area contributed by atoms with Crippen LogP contribution in [0.3, 0.4) is 0 Å². The summed E-state index contributed by atoms with van der Waals surface area (Å²) in [5, 5.41) is 11.8. The van der Waals surface area contributed by atoms with Crippen molar-refractivity contribution in [3.05, 3.63) is 29.3 Å².